The number of rotatable bonds is 6. The SMILES string of the molecule is CCOC(=O)c1c(NC(=O)Cc2ccccc2)sc(C(=O)N2CCOCC2)c1C. The molecule has 2 aromatic rings. The lowest BCUT2D eigenvalue weighted by atomic mass is 10.1. The molecule has 0 radical (unpaired) electrons. The van der Waals surface area contributed by atoms with Gasteiger partial charge in [0.2, 0.25) is 5.91 Å². The second kappa shape index (κ2) is 9.67. The van der Waals surface area contributed by atoms with Crippen LogP contribution in [0.3, 0.4) is 0 Å². The molecule has 0 spiro atoms. The van der Waals surface area contributed by atoms with Crippen LogP contribution in [0.5, 0.6) is 0 Å². The summed E-state index contributed by atoms with van der Waals surface area (Å²) in [4.78, 5) is 40.2. The summed E-state index contributed by atoms with van der Waals surface area (Å²) < 4.78 is 10.5. The highest BCUT2D eigenvalue weighted by molar-refractivity contribution is 7.18. The number of amides is 2. The molecule has 0 atom stereocenters. The van der Waals surface area contributed by atoms with Crippen molar-refractivity contribution in [1.82, 2.24) is 4.90 Å². The third kappa shape index (κ3) is 5.02. The van der Waals surface area contributed by atoms with Gasteiger partial charge in [0.05, 0.1) is 36.7 Å². The molecule has 0 bridgehead atoms. The van der Waals surface area contributed by atoms with Gasteiger partial charge in [-0.2, -0.15) is 0 Å². The van der Waals surface area contributed by atoms with E-state index in [0.717, 1.165) is 16.9 Å². The number of anilines is 1. The van der Waals surface area contributed by atoms with Crippen LogP contribution in [0, 0.1) is 6.92 Å². The maximum atomic E-state index is 13.0. The molecular formula is C21H24N2O5S. The average Bonchev–Trinajstić information content (AvgIpc) is 3.04. The van der Waals surface area contributed by atoms with Crippen molar-refractivity contribution in [3.63, 3.8) is 0 Å². The largest absolute Gasteiger partial charge is 0.462 e. The standard InChI is InChI=1S/C21H24N2O5S/c1-3-28-21(26)17-14(2)18(20(25)23-9-11-27-12-10-23)29-19(17)22-16(24)13-15-7-5-4-6-8-15/h4-8H,3,9-13H2,1-2H3,(H,22,24). The summed E-state index contributed by atoms with van der Waals surface area (Å²) in [5, 5.41) is 3.15. The molecule has 0 aliphatic carbocycles. The highest BCUT2D eigenvalue weighted by Gasteiger charge is 2.29. The van der Waals surface area contributed by atoms with Crippen molar-refractivity contribution >= 4 is 34.1 Å². The molecule has 7 nitrogen and oxygen atoms in total. The van der Waals surface area contributed by atoms with Gasteiger partial charge in [-0.25, -0.2) is 4.79 Å². The van der Waals surface area contributed by atoms with Crippen LogP contribution in [0.2, 0.25) is 0 Å². The number of thiophene rings is 1. The molecule has 2 heterocycles. The summed E-state index contributed by atoms with van der Waals surface area (Å²) >= 11 is 1.12. The minimum atomic E-state index is -0.544. The molecule has 29 heavy (non-hydrogen) atoms. The van der Waals surface area contributed by atoms with E-state index in [2.05, 4.69) is 5.32 Å². The third-order valence-corrected chi connectivity index (χ3v) is 5.77. The van der Waals surface area contributed by atoms with Gasteiger partial charge < -0.3 is 19.7 Å². The summed E-state index contributed by atoms with van der Waals surface area (Å²) in [6.45, 7) is 5.61. The average molecular weight is 416 g/mol. The lowest BCUT2D eigenvalue weighted by molar-refractivity contribution is -0.115. The smallest absolute Gasteiger partial charge is 0.341 e. The van der Waals surface area contributed by atoms with Crippen LogP contribution >= 0.6 is 11.3 Å². The first-order chi connectivity index (χ1) is 14.0. The van der Waals surface area contributed by atoms with E-state index in [1.165, 1.54) is 0 Å². The Hall–Kier alpha value is -2.71. The maximum Gasteiger partial charge on any atom is 0.341 e. The van der Waals surface area contributed by atoms with Gasteiger partial charge in [-0.05, 0) is 25.0 Å². The number of nitrogens with one attached hydrogen (secondary N) is 1. The van der Waals surface area contributed by atoms with Gasteiger partial charge in [-0.1, -0.05) is 30.3 Å². The second-order valence-electron chi connectivity index (χ2n) is 6.60. The minimum Gasteiger partial charge on any atom is -0.462 e. The molecular weight excluding hydrogens is 392 g/mol. The first-order valence-electron chi connectivity index (χ1n) is 9.52. The number of hydrogen-bond donors (Lipinski definition) is 1. The van der Waals surface area contributed by atoms with Crippen molar-refractivity contribution in [3.8, 4) is 0 Å². The van der Waals surface area contributed by atoms with Crippen molar-refractivity contribution < 1.29 is 23.9 Å². The number of morpholine rings is 1. The Balaban J connectivity index is 1.86. The fourth-order valence-corrected chi connectivity index (χ4v) is 4.30. The summed E-state index contributed by atoms with van der Waals surface area (Å²) in [6, 6.07) is 9.33. The van der Waals surface area contributed by atoms with Gasteiger partial charge >= 0.3 is 5.97 Å². The summed E-state index contributed by atoms with van der Waals surface area (Å²) in [7, 11) is 0. The molecule has 1 aliphatic heterocycles. The van der Waals surface area contributed by atoms with Crippen molar-refractivity contribution in [1.29, 1.82) is 0 Å². The number of hydrogen-bond acceptors (Lipinski definition) is 6. The summed E-state index contributed by atoms with van der Waals surface area (Å²) in [5.41, 5.74) is 1.63. The molecule has 1 saturated heterocycles. The monoisotopic (exact) mass is 416 g/mol. The minimum absolute atomic E-state index is 0.162. The first-order valence-corrected chi connectivity index (χ1v) is 10.3. The van der Waals surface area contributed by atoms with Gasteiger partial charge in [0.25, 0.3) is 5.91 Å². The number of esters is 1. The van der Waals surface area contributed by atoms with Gasteiger partial charge in [0.15, 0.2) is 0 Å². The zero-order valence-electron chi connectivity index (χ0n) is 16.5. The van der Waals surface area contributed by atoms with Crippen molar-refractivity contribution in [3.05, 3.63) is 51.9 Å². The zero-order valence-corrected chi connectivity index (χ0v) is 17.3. The predicted octanol–water partition coefficient (Wildman–Crippen LogP) is 2.89. The van der Waals surface area contributed by atoms with E-state index < -0.39 is 5.97 Å². The molecule has 0 unspecified atom stereocenters. The quantitative estimate of drug-likeness (QED) is 0.732. The number of carbonyl (C=O) groups excluding carboxylic acids is 3. The molecule has 1 fully saturated rings. The number of benzene rings is 1. The molecule has 2 amide bonds. The van der Waals surface area contributed by atoms with Crippen molar-refractivity contribution in [2.45, 2.75) is 20.3 Å². The van der Waals surface area contributed by atoms with E-state index in [1.807, 2.05) is 30.3 Å². The fraction of sp³-hybridized carbons (Fsp3) is 0.381. The molecule has 3 rings (SSSR count). The fourth-order valence-electron chi connectivity index (χ4n) is 3.12. The lowest BCUT2D eigenvalue weighted by Gasteiger charge is -2.26. The Kier molecular flexibility index (Phi) is 7.00. The Labute approximate surface area is 173 Å². The van der Waals surface area contributed by atoms with Crippen LogP contribution in [0.4, 0.5) is 5.00 Å². The molecule has 1 aliphatic rings. The molecule has 1 aromatic carbocycles. The number of nitrogens with zero attached hydrogens (tertiary/aromatic N) is 1. The Bertz CT molecular complexity index is 888. The molecule has 1 N–H and O–H groups in total. The van der Waals surface area contributed by atoms with Gasteiger partial charge in [-0.3, -0.25) is 9.59 Å². The van der Waals surface area contributed by atoms with E-state index >= 15 is 0 Å². The summed E-state index contributed by atoms with van der Waals surface area (Å²) in [5.74, 6) is -0.962. The van der Waals surface area contributed by atoms with Crippen molar-refractivity contribution in [2.24, 2.45) is 0 Å². The van der Waals surface area contributed by atoms with E-state index in [1.54, 1.807) is 18.7 Å². The van der Waals surface area contributed by atoms with Crippen molar-refractivity contribution in [2.75, 3.05) is 38.2 Å². The third-order valence-electron chi connectivity index (χ3n) is 4.58. The van der Waals surface area contributed by atoms with Gasteiger partial charge in [0.1, 0.15) is 5.00 Å². The maximum absolute atomic E-state index is 13.0. The molecule has 0 saturated carbocycles. The van der Waals surface area contributed by atoms with Crippen LogP contribution in [0.15, 0.2) is 30.3 Å². The summed E-state index contributed by atoms with van der Waals surface area (Å²) in [6.07, 6.45) is 0.173. The van der Waals surface area contributed by atoms with Gasteiger partial charge in [0, 0.05) is 13.1 Å². The van der Waals surface area contributed by atoms with E-state index in [-0.39, 0.29) is 30.4 Å². The zero-order chi connectivity index (χ0) is 20.8. The van der Waals surface area contributed by atoms with Crippen LogP contribution in [0.1, 0.15) is 38.1 Å². The number of ether oxygens (including phenoxy) is 2. The van der Waals surface area contributed by atoms with Crippen LogP contribution in [0.25, 0.3) is 0 Å². The molecule has 1 aromatic heterocycles. The Morgan fingerprint density at radius 3 is 2.52 bits per heavy atom. The van der Waals surface area contributed by atoms with Crippen LogP contribution < -0.4 is 5.32 Å². The molecule has 8 heteroatoms. The van der Waals surface area contributed by atoms with Crippen LogP contribution in [-0.2, 0) is 20.7 Å². The van der Waals surface area contributed by atoms with E-state index in [9.17, 15) is 14.4 Å². The topological polar surface area (TPSA) is 84.9 Å². The molecule has 154 valence electrons. The van der Waals surface area contributed by atoms with E-state index in [0.29, 0.717) is 41.7 Å². The second-order valence-corrected chi connectivity index (χ2v) is 7.62. The Morgan fingerprint density at radius 1 is 1.17 bits per heavy atom. The normalized spacial score (nSPS) is 13.8. The number of carbonyl (C=O) groups is 3. The predicted molar refractivity (Wildman–Crippen MR) is 111 cm³/mol. The van der Waals surface area contributed by atoms with E-state index in [4.69, 9.17) is 9.47 Å². The van der Waals surface area contributed by atoms with Crippen LogP contribution in [-0.4, -0.2) is 55.6 Å². The lowest BCUT2D eigenvalue weighted by Crippen LogP contribution is -2.40. The first kappa shape index (κ1) is 21.0. The Morgan fingerprint density at radius 2 is 1.86 bits per heavy atom. The van der Waals surface area contributed by atoms with Gasteiger partial charge in [-0.15, -0.1) is 11.3 Å². The highest BCUT2D eigenvalue weighted by atomic mass is 32.1. The highest BCUT2D eigenvalue weighted by Crippen LogP contribution is 2.35.